The molecular weight excluding hydrogens is 314 g/mol. The van der Waals surface area contributed by atoms with E-state index in [-0.39, 0.29) is 11.7 Å². The molecule has 3 nitrogen and oxygen atoms in total. The maximum absolute atomic E-state index is 13.0. The molecule has 0 radical (unpaired) electrons. The number of anilines is 2. The molecule has 6 heteroatoms. The van der Waals surface area contributed by atoms with E-state index in [0.29, 0.717) is 28.7 Å². The summed E-state index contributed by atoms with van der Waals surface area (Å²) in [4.78, 5) is 11.4. The molecular formula is C15H11Cl2FN2O. The van der Waals surface area contributed by atoms with Gasteiger partial charge in [0.15, 0.2) is 0 Å². The second kappa shape index (κ2) is 5.54. The lowest BCUT2D eigenvalue weighted by Gasteiger charge is -2.11. The standard InChI is InChI=1S/C15H11Cl2FN2O/c16-11-5-10(18)2-1-8(11)7-19-14-3-9-4-15(21)20-13(9)6-12(14)17/h1-3,5-6,19H,4,7H2,(H,20,21). The fourth-order valence-electron chi connectivity index (χ4n) is 2.24. The number of rotatable bonds is 3. The summed E-state index contributed by atoms with van der Waals surface area (Å²) >= 11 is 12.2. The van der Waals surface area contributed by atoms with Gasteiger partial charge in [-0.05, 0) is 35.4 Å². The molecule has 1 aliphatic heterocycles. The molecule has 1 amide bonds. The van der Waals surface area contributed by atoms with Gasteiger partial charge in [0.1, 0.15) is 5.82 Å². The number of benzene rings is 2. The third-order valence-electron chi connectivity index (χ3n) is 3.30. The Hall–Kier alpha value is -1.78. The first-order valence-electron chi connectivity index (χ1n) is 6.33. The fourth-order valence-corrected chi connectivity index (χ4v) is 2.70. The zero-order chi connectivity index (χ0) is 15.0. The second-order valence-corrected chi connectivity index (χ2v) is 5.62. The summed E-state index contributed by atoms with van der Waals surface area (Å²) in [5.74, 6) is -0.413. The number of hydrogen-bond acceptors (Lipinski definition) is 2. The summed E-state index contributed by atoms with van der Waals surface area (Å²) in [5, 5.41) is 6.76. The van der Waals surface area contributed by atoms with Crippen LogP contribution >= 0.6 is 23.2 Å². The van der Waals surface area contributed by atoms with Crippen LogP contribution in [0.25, 0.3) is 0 Å². The van der Waals surface area contributed by atoms with Crippen molar-refractivity contribution in [3.8, 4) is 0 Å². The van der Waals surface area contributed by atoms with Crippen LogP contribution in [0.1, 0.15) is 11.1 Å². The number of nitrogens with one attached hydrogen (secondary N) is 2. The average molecular weight is 325 g/mol. The van der Waals surface area contributed by atoms with E-state index in [1.807, 2.05) is 6.07 Å². The monoisotopic (exact) mass is 324 g/mol. The lowest BCUT2D eigenvalue weighted by molar-refractivity contribution is -0.115. The lowest BCUT2D eigenvalue weighted by atomic mass is 10.1. The fraction of sp³-hybridized carbons (Fsp3) is 0.133. The van der Waals surface area contributed by atoms with Crippen LogP contribution in [0.5, 0.6) is 0 Å². The van der Waals surface area contributed by atoms with Gasteiger partial charge < -0.3 is 10.6 Å². The Labute approximate surface area is 131 Å². The molecule has 21 heavy (non-hydrogen) atoms. The molecule has 108 valence electrons. The smallest absolute Gasteiger partial charge is 0.228 e. The zero-order valence-electron chi connectivity index (χ0n) is 10.8. The van der Waals surface area contributed by atoms with Gasteiger partial charge in [0.05, 0.1) is 17.1 Å². The molecule has 0 unspecified atom stereocenters. The summed E-state index contributed by atoms with van der Waals surface area (Å²) in [6.07, 6.45) is 0.346. The summed E-state index contributed by atoms with van der Waals surface area (Å²) in [6.45, 7) is 0.416. The van der Waals surface area contributed by atoms with E-state index in [4.69, 9.17) is 23.2 Å². The molecule has 0 aliphatic carbocycles. The van der Waals surface area contributed by atoms with Crippen molar-refractivity contribution in [3.63, 3.8) is 0 Å². The second-order valence-electron chi connectivity index (χ2n) is 4.80. The van der Waals surface area contributed by atoms with Crippen LogP contribution in [0.2, 0.25) is 10.0 Å². The predicted molar refractivity (Wildman–Crippen MR) is 82.5 cm³/mol. The van der Waals surface area contributed by atoms with Gasteiger partial charge in [-0.3, -0.25) is 4.79 Å². The van der Waals surface area contributed by atoms with Crippen LogP contribution in [0, 0.1) is 5.82 Å². The number of carbonyl (C=O) groups excluding carboxylic acids is 1. The van der Waals surface area contributed by atoms with Crippen molar-refractivity contribution in [1.82, 2.24) is 0 Å². The highest BCUT2D eigenvalue weighted by molar-refractivity contribution is 6.34. The van der Waals surface area contributed by atoms with Crippen LogP contribution in [0.15, 0.2) is 30.3 Å². The van der Waals surface area contributed by atoms with Gasteiger partial charge in [-0.15, -0.1) is 0 Å². The summed E-state index contributed by atoms with van der Waals surface area (Å²) in [7, 11) is 0. The molecule has 1 heterocycles. The van der Waals surface area contributed by atoms with Gasteiger partial charge in [0.25, 0.3) is 0 Å². The minimum atomic E-state index is -0.371. The minimum Gasteiger partial charge on any atom is -0.380 e. The van der Waals surface area contributed by atoms with Crippen molar-refractivity contribution in [2.24, 2.45) is 0 Å². The number of hydrogen-bond donors (Lipinski definition) is 2. The SMILES string of the molecule is O=C1Cc2cc(NCc3ccc(F)cc3Cl)c(Cl)cc2N1. The molecule has 0 fully saturated rings. The molecule has 0 spiro atoms. The van der Waals surface area contributed by atoms with Crippen molar-refractivity contribution in [3.05, 3.63) is 57.3 Å². The average Bonchev–Trinajstić information content (AvgIpc) is 2.76. The van der Waals surface area contributed by atoms with E-state index in [2.05, 4.69) is 10.6 Å². The number of fused-ring (bicyclic) bond motifs is 1. The molecule has 0 bridgehead atoms. The van der Waals surface area contributed by atoms with E-state index < -0.39 is 0 Å². The highest BCUT2D eigenvalue weighted by Crippen LogP contribution is 2.33. The third kappa shape index (κ3) is 2.96. The number of carbonyl (C=O) groups is 1. The molecule has 2 aromatic rings. The molecule has 3 rings (SSSR count). The molecule has 0 saturated carbocycles. The highest BCUT2D eigenvalue weighted by Gasteiger charge is 2.19. The predicted octanol–water partition coefficient (Wildman–Crippen LogP) is 4.24. The zero-order valence-corrected chi connectivity index (χ0v) is 12.4. The van der Waals surface area contributed by atoms with Gasteiger partial charge in [0.2, 0.25) is 5.91 Å². The topological polar surface area (TPSA) is 41.1 Å². The molecule has 0 saturated heterocycles. The van der Waals surface area contributed by atoms with Crippen molar-refractivity contribution in [2.75, 3.05) is 10.6 Å². The van der Waals surface area contributed by atoms with Crippen LogP contribution in [0.3, 0.4) is 0 Å². The first-order chi connectivity index (χ1) is 10.0. The van der Waals surface area contributed by atoms with Crippen molar-refractivity contribution < 1.29 is 9.18 Å². The lowest BCUT2D eigenvalue weighted by Crippen LogP contribution is -2.03. The Kier molecular flexibility index (Phi) is 3.74. The first kappa shape index (κ1) is 14.2. The Bertz CT molecular complexity index is 734. The molecule has 2 N–H and O–H groups in total. The quantitative estimate of drug-likeness (QED) is 0.886. The molecule has 2 aromatic carbocycles. The number of halogens is 3. The Morgan fingerprint density at radius 2 is 2.00 bits per heavy atom. The maximum Gasteiger partial charge on any atom is 0.228 e. The van der Waals surface area contributed by atoms with Crippen molar-refractivity contribution in [1.29, 1.82) is 0 Å². The van der Waals surface area contributed by atoms with Gasteiger partial charge in [0, 0.05) is 17.3 Å². The van der Waals surface area contributed by atoms with Gasteiger partial charge in [-0.25, -0.2) is 4.39 Å². The van der Waals surface area contributed by atoms with E-state index in [0.717, 1.165) is 16.8 Å². The maximum atomic E-state index is 13.0. The number of amides is 1. The Morgan fingerprint density at radius 3 is 2.76 bits per heavy atom. The van der Waals surface area contributed by atoms with Gasteiger partial charge >= 0.3 is 0 Å². The third-order valence-corrected chi connectivity index (χ3v) is 3.97. The van der Waals surface area contributed by atoms with Crippen LogP contribution in [0.4, 0.5) is 15.8 Å². The summed E-state index contributed by atoms with van der Waals surface area (Å²) < 4.78 is 13.0. The van der Waals surface area contributed by atoms with Gasteiger partial charge in [-0.1, -0.05) is 29.3 Å². The van der Waals surface area contributed by atoms with Crippen molar-refractivity contribution >= 4 is 40.5 Å². The van der Waals surface area contributed by atoms with E-state index in [1.54, 1.807) is 12.1 Å². The minimum absolute atomic E-state index is 0.0419. The van der Waals surface area contributed by atoms with E-state index >= 15 is 0 Å². The first-order valence-corrected chi connectivity index (χ1v) is 7.08. The largest absolute Gasteiger partial charge is 0.380 e. The highest BCUT2D eigenvalue weighted by atomic mass is 35.5. The van der Waals surface area contributed by atoms with Crippen molar-refractivity contribution in [2.45, 2.75) is 13.0 Å². The summed E-state index contributed by atoms with van der Waals surface area (Å²) in [6, 6.07) is 7.81. The van der Waals surface area contributed by atoms with E-state index in [1.165, 1.54) is 12.1 Å². The Balaban J connectivity index is 1.79. The van der Waals surface area contributed by atoms with Gasteiger partial charge in [-0.2, -0.15) is 0 Å². The van der Waals surface area contributed by atoms with Crippen LogP contribution < -0.4 is 10.6 Å². The van der Waals surface area contributed by atoms with E-state index in [9.17, 15) is 9.18 Å². The molecule has 1 aliphatic rings. The Morgan fingerprint density at radius 1 is 1.19 bits per heavy atom. The van der Waals surface area contributed by atoms with Crippen LogP contribution in [-0.2, 0) is 17.8 Å². The molecule has 0 aromatic heterocycles. The van der Waals surface area contributed by atoms with Crippen LogP contribution in [-0.4, -0.2) is 5.91 Å². The molecule has 0 atom stereocenters. The normalized spacial score (nSPS) is 13.0. The summed E-state index contributed by atoms with van der Waals surface area (Å²) in [5.41, 5.74) is 3.13.